The van der Waals surface area contributed by atoms with Crippen LogP contribution in [-0.4, -0.2) is 33.5 Å². The predicted octanol–water partition coefficient (Wildman–Crippen LogP) is 4.05. The Labute approximate surface area is 167 Å². The molecule has 0 radical (unpaired) electrons. The number of benzene rings is 2. The fraction of sp³-hybridized carbons (Fsp3) is 0.200. The number of carbonyl (C=O) groups excluding carboxylic acids is 2. The maximum absolute atomic E-state index is 12.6. The van der Waals surface area contributed by atoms with Crippen LogP contribution in [0.2, 0.25) is 5.02 Å². The van der Waals surface area contributed by atoms with Gasteiger partial charge in [0.25, 0.3) is 5.91 Å². The maximum atomic E-state index is 12.6. The molecule has 0 fully saturated rings. The highest BCUT2D eigenvalue weighted by molar-refractivity contribution is 6.30. The van der Waals surface area contributed by atoms with Crippen molar-refractivity contribution in [2.45, 2.75) is 20.3 Å². The lowest BCUT2D eigenvalue weighted by atomic mass is 10.2. The molecule has 1 amide bonds. The Bertz CT molecular complexity index is 999. The number of halogens is 1. The van der Waals surface area contributed by atoms with Gasteiger partial charge in [0, 0.05) is 10.7 Å². The zero-order valence-corrected chi connectivity index (χ0v) is 16.2. The lowest BCUT2D eigenvalue weighted by Gasteiger charge is -2.07. The molecule has 1 heterocycles. The minimum atomic E-state index is -0.396. The number of carbonyl (C=O) groups is 2. The van der Waals surface area contributed by atoms with Crippen LogP contribution < -0.4 is 5.32 Å². The van der Waals surface area contributed by atoms with Gasteiger partial charge in [-0.05, 0) is 55.8 Å². The van der Waals surface area contributed by atoms with E-state index in [1.165, 1.54) is 0 Å². The first-order valence-corrected chi connectivity index (χ1v) is 9.14. The Kier molecular flexibility index (Phi) is 6.06. The minimum absolute atomic E-state index is 0.200. The number of aromatic nitrogens is 3. The summed E-state index contributed by atoms with van der Waals surface area (Å²) in [6, 6.07) is 13.6. The van der Waals surface area contributed by atoms with Crippen LogP contribution in [0.4, 0.5) is 5.69 Å². The molecule has 0 atom stereocenters. The summed E-state index contributed by atoms with van der Waals surface area (Å²) >= 11 is 6.01. The summed E-state index contributed by atoms with van der Waals surface area (Å²) in [6.45, 7) is 4.05. The van der Waals surface area contributed by atoms with Gasteiger partial charge in [0.15, 0.2) is 5.69 Å². The molecule has 0 bridgehead atoms. The largest absolute Gasteiger partial charge is 0.462 e. The number of anilines is 1. The summed E-state index contributed by atoms with van der Waals surface area (Å²) in [5.41, 5.74) is 2.46. The number of hydrogen-bond acceptors (Lipinski definition) is 5. The van der Waals surface area contributed by atoms with E-state index in [-0.39, 0.29) is 11.7 Å². The van der Waals surface area contributed by atoms with Gasteiger partial charge < -0.3 is 10.1 Å². The van der Waals surface area contributed by atoms with Gasteiger partial charge in [0.1, 0.15) is 0 Å². The molecule has 0 saturated carbocycles. The third-order valence-electron chi connectivity index (χ3n) is 3.98. The molecule has 1 aromatic heterocycles. The van der Waals surface area contributed by atoms with Crippen molar-refractivity contribution < 1.29 is 14.3 Å². The lowest BCUT2D eigenvalue weighted by Crippen LogP contribution is -2.14. The second-order valence-electron chi connectivity index (χ2n) is 6.08. The summed E-state index contributed by atoms with van der Waals surface area (Å²) in [6.07, 6.45) is 0.759. The highest BCUT2D eigenvalue weighted by Crippen LogP contribution is 2.18. The fourth-order valence-corrected chi connectivity index (χ4v) is 2.73. The zero-order valence-electron chi connectivity index (χ0n) is 15.5. The third kappa shape index (κ3) is 4.37. The van der Waals surface area contributed by atoms with Crippen LogP contribution in [0.15, 0.2) is 48.5 Å². The van der Waals surface area contributed by atoms with E-state index in [1.54, 1.807) is 54.1 Å². The highest BCUT2D eigenvalue weighted by Gasteiger charge is 2.18. The highest BCUT2D eigenvalue weighted by atomic mass is 35.5. The Morgan fingerprint density at radius 1 is 1.18 bits per heavy atom. The number of hydrogen-bond donors (Lipinski definition) is 1. The molecule has 0 saturated heterocycles. The molecule has 0 unspecified atom stereocenters. The van der Waals surface area contributed by atoms with E-state index < -0.39 is 5.91 Å². The van der Waals surface area contributed by atoms with Crippen LogP contribution in [0.25, 0.3) is 5.69 Å². The standard InChI is InChI=1S/C20H19ClN4O3/c1-3-11-28-20(27)14-7-9-16(10-8-14)22-19(26)18-13(2)25(24-23-18)17-6-4-5-15(21)12-17/h4-10,12H,3,11H2,1-2H3,(H,22,26). The molecule has 1 N–H and O–H groups in total. The third-order valence-corrected chi connectivity index (χ3v) is 4.21. The molecule has 7 nitrogen and oxygen atoms in total. The topological polar surface area (TPSA) is 86.1 Å². The van der Waals surface area contributed by atoms with E-state index in [4.69, 9.17) is 16.3 Å². The Hall–Kier alpha value is -3.19. The molecule has 0 aliphatic heterocycles. The summed E-state index contributed by atoms with van der Waals surface area (Å²) < 4.78 is 6.63. The normalized spacial score (nSPS) is 10.5. The number of nitrogens with zero attached hydrogens (tertiary/aromatic N) is 3. The van der Waals surface area contributed by atoms with Crippen molar-refractivity contribution >= 4 is 29.2 Å². The first-order chi connectivity index (χ1) is 13.5. The van der Waals surface area contributed by atoms with E-state index in [0.29, 0.717) is 34.3 Å². The van der Waals surface area contributed by atoms with Gasteiger partial charge in [-0.3, -0.25) is 4.79 Å². The van der Waals surface area contributed by atoms with Crippen molar-refractivity contribution in [3.8, 4) is 5.69 Å². The Morgan fingerprint density at radius 3 is 2.61 bits per heavy atom. The molecule has 0 spiro atoms. The van der Waals surface area contributed by atoms with Crippen molar-refractivity contribution in [3.05, 3.63) is 70.5 Å². The molecule has 3 rings (SSSR count). The van der Waals surface area contributed by atoms with Gasteiger partial charge in [-0.25, -0.2) is 9.48 Å². The molecule has 3 aromatic rings. The van der Waals surface area contributed by atoms with Gasteiger partial charge in [0.2, 0.25) is 0 Å². The minimum Gasteiger partial charge on any atom is -0.462 e. The molecule has 8 heteroatoms. The van der Waals surface area contributed by atoms with Crippen molar-refractivity contribution in [2.24, 2.45) is 0 Å². The van der Waals surface area contributed by atoms with Gasteiger partial charge in [-0.1, -0.05) is 29.8 Å². The fourth-order valence-electron chi connectivity index (χ4n) is 2.55. The molecule has 144 valence electrons. The van der Waals surface area contributed by atoms with Crippen LogP contribution in [0, 0.1) is 6.92 Å². The smallest absolute Gasteiger partial charge is 0.338 e. The van der Waals surface area contributed by atoms with Crippen molar-refractivity contribution in [2.75, 3.05) is 11.9 Å². The van der Waals surface area contributed by atoms with Crippen LogP contribution in [0.1, 0.15) is 39.9 Å². The number of ether oxygens (including phenoxy) is 1. The van der Waals surface area contributed by atoms with Crippen LogP contribution in [-0.2, 0) is 4.74 Å². The maximum Gasteiger partial charge on any atom is 0.338 e. The van der Waals surface area contributed by atoms with E-state index in [0.717, 1.165) is 6.42 Å². The average molecular weight is 399 g/mol. The summed E-state index contributed by atoms with van der Waals surface area (Å²) in [5, 5.41) is 11.3. The number of amides is 1. The summed E-state index contributed by atoms with van der Waals surface area (Å²) in [5.74, 6) is -0.785. The second-order valence-corrected chi connectivity index (χ2v) is 6.52. The van der Waals surface area contributed by atoms with Gasteiger partial charge in [-0.2, -0.15) is 0 Å². The molecule has 2 aromatic carbocycles. The summed E-state index contributed by atoms with van der Waals surface area (Å²) in [4.78, 5) is 24.4. The summed E-state index contributed by atoms with van der Waals surface area (Å²) in [7, 11) is 0. The van der Waals surface area contributed by atoms with Gasteiger partial charge in [-0.15, -0.1) is 5.10 Å². The Balaban J connectivity index is 1.72. The average Bonchev–Trinajstić information content (AvgIpc) is 3.08. The Morgan fingerprint density at radius 2 is 1.93 bits per heavy atom. The number of nitrogens with one attached hydrogen (secondary N) is 1. The first-order valence-electron chi connectivity index (χ1n) is 8.76. The van der Waals surface area contributed by atoms with E-state index in [9.17, 15) is 9.59 Å². The van der Waals surface area contributed by atoms with Crippen LogP contribution in [0.3, 0.4) is 0 Å². The molecular formula is C20H19ClN4O3. The first kappa shape index (κ1) is 19.6. The monoisotopic (exact) mass is 398 g/mol. The zero-order chi connectivity index (χ0) is 20.1. The molecule has 28 heavy (non-hydrogen) atoms. The molecule has 0 aliphatic rings. The van der Waals surface area contributed by atoms with Gasteiger partial charge in [0.05, 0.1) is 23.6 Å². The van der Waals surface area contributed by atoms with Crippen molar-refractivity contribution in [1.29, 1.82) is 0 Å². The predicted molar refractivity (Wildman–Crippen MR) is 106 cm³/mol. The van der Waals surface area contributed by atoms with Crippen molar-refractivity contribution in [1.82, 2.24) is 15.0 Å². The quantitative estimate of drug-likeness (QED) is 0.633. The van der Waals surface area contributed by atoms with E-state index in [1.807, 2.05) is 13.0 Å². The second kappa shape index (κ2) is 8.67. The van der Waals surface area contributed by atoms with Crippen LogP contribution in [0.5, 0.6) is 0 Å². The van der Waals surface area contributed by atoms with Crippen molar-refractivity contribution in [3.63, 3.8) is 0 Å². The van der Waals surface area contributed by atoms with E-state index in [2.05, 4.69) is 15.6 Å². The SMILES string of the molecule is CCCOC(=O)c1ccc(NC(=O)c2nnn(-c3cccc(Cl)c3)c2C)cc1. The van der Waals surface area contributed by atoms with Gasteiger partial charge >= 0.3 is 5.97 Å². The molecule has 0 aliphatic carbocycles. The van der Waals surface area contributed by atoms with Crippen LogP contribution >= 0.6 is 11.6 Å². The lowest BCUT2D eigenvalue weighted by molar-refractivity contribution is 0.0505. The number of rotatable bonds is 6. The molecular weight excluding hydrogens is 380 g/mol. The number of esters is 1. The van der Waals surface area contributed by atoms with E-state index >= 15 is 0 Å².